The van der Waals surface area contributed by atoms with Crippen LogP contribution in [-0.2, 0) is 14.4 Å². The minimum atomic E-state index is -0.437. The highest BCUT2D eigenvalue weighted by Crippen LogP contribution is 2.31. The average molecular weight is 257 g/mol. The van der Waals surface area contributed by atoms with Crippen LogP contribution in [0.3, 0.4) is 0 Å². The van der Waals surface area contributed by atoms with Crippen molar-refractivity contribution in [2.45, 2.75) is 30.9 Å². The highest BCUT2D eigenvalue weighted by molar-refractivity contribution is 8.24. The molecule has 0 spiro atoms. The van der Waals surface area contributed by atoms with Crippen LogP contribution in [0.15, 0.2) is 0 Å². The van der Waals surface area contributed by atoms with E-state index in [1.54, 1.807) is 0 Å². The Labute approximate surface area is 103 Å². The van der Waals surface area contributed by atoms with E-state index in [1.807, 2.05) is 0 Å². The summed E-state index contributed by atoms with van der Waals surface area (Å²) >= 11 is 6.37. The van der Waals surface area contributed by atoms with Gasteiger partial charge in [-0.2, -0.15) is 0 Å². The first-order valence-electron chi connectivity index (χ1n) is 5.15. The second kappa shape index (κ2) is 4.63. The smallest absolute Gasteiger partial charge is 0.240 e. The van der Waals surface area contributed by atoms with Gasteiger partial charge in [0.15, 0.2) is 0 Å². The average Bonchev–Trinajstić information content (AvgIpc) is 2.74. The van der Waals surface area contributed by atoms with Crippen molar-refractivity contribution in [2.75, 3.05) is 0 Å². The van der Waals surface area contributed by atoms with E-state index in [2.05, 4.69) is 5.32 Å². The van der Waals surface area contributed by atoms with Crippen molar-refractivity contribution in [2.24, 2.45) is 5.92 Å². The molecule has 1 N–H and O–H groups in total. The molecular formula is C10H11NO3S2. The summed E-state index contributed by atoms with van der Waals surface area (Å²) in [5.74, 6) is -0.573. The Bertz CT molecular complexity index is 380. The largest absolute Gasteiger partial charge is 0.299 e. The lowest BCUT2D eigenvalue weighted by Crippen LogP contribution is -2.25. The van der Waals surface area contributed by atoms with Gasteiger partial charge in [0.2, 0.25) is 11.8 Å². The lowest BCUT2D eigenvalue weighted by molar-refractivity contribution is -0.124. The molecule has 2 rings (SSSR count). The van der Waals surface area contributed by atoms with Crippen molar-refractivity contribution in [3.8, 4) is 0 Å². The quantitative estimate of drug-likeness (QED) is 0.586. The molecule has 16 heavy (non-hydrogen) atoms. The predicted octanol–water partition coefficient (Wildman–Crippen LogP) is 0.831. The van der Waals surface area contributed by atoms with E-state index < -0.39 is 5.25 Å². The number of Topliss-reactive ketones (excluding diaryl/α,β-unsaturated/α-hetero) is 1. The molecule has 0 bridgehead atoms. The summed E-state index contributed by atoms with van der Waals surface area (Å²) in [6.07, 6.45) is 2.42. The minimum Gasteiger partial charge on any atom is -0.299 e. The Morgan fingerprint density at radius 2 is 2.12 bits per heavy atom. The lowest BCUT2D eigenvalue weighted by atomic mass is 10.1. The number of hydrogen-bond acceptors (Lipinski definition) is 5. The van der Waals surface area contributed by atoms with Gasteiger partial charge < -0.3 is 0 Å². The van der Waals surface area contributed by atoms with E-state index in [0.717, 1.165) is 12.8 Å². The molecule has 0 aromatic rings. The van der Waals surface area contributed by atoms with Crippen LogP contribution in [0, 0.1) is 5.92 Å². The highest BCUT2D eigenvalue weighted by Gasteiger charge is 2.35. The molecule has 0 unspecified atom stereocenters. The number of carbonyl (C=O) groups is 3. The number of nitrogens with one attached hydrogen (secondary N) is 1. The molecule has 1 aliphatic heterocycles. The zero-order valence-corrected chi connectivity index (χ0v) is 10.2. The molecule has 2 amide bonds. The summed E-state index contributed by atoms with van der Waals surface area (Å²) in [4.78, 5) is 33.8. The number of ketones is 1. The van der Waals surface area contributed by atoms with Crippen LogP contribution in [0.2, 0.25) is 0 Å². The molecular weight excluding hydrogens is 246 g/mol. The molecule has 2 fully saturated rings. The molecule has 0 aromatic heterocycles. The number of amides is 2. The van der Waals surface area contributed by atoms with Gasteiger partial charge in [0.25, 0.3) is 0 Å². The fourth-order valence-corrected chi connectivity index (χ4v) is 3.60. The van der Waals surface area contributed by atoms with Gasteiger partial charge in [0.1, 0.15) is 5.78 Å². The number of carbonyl (C=O) groups excluding carboxylic acids is 3. The normalized spacial score (nSPS) is 29.6. The summed E-state index contributed by atoms with van der Waals surface area (Å²) in [6.45, 7) is 0. The molecule has 86 valence electrons. The van der Waals surface area contributed by atoms with Crippen LogP contribution < -0.4 is 5.32 Å². The minimum absolute atomic E-state index is 0.169. The number of hydrogen-bond donors (Lipinski definition) is 1. The van der Waals surface area contributed by atoms with E-state index in [-0.39, 0.29) is 29.9 Å². The van der Waals surface area contributed by atoms with Crippen molar-refractivity contribution in [1.29, 1.82) is 0 Å². The Kier molecular flexibility index (Phi) is 3.39. The molecule has 6 heteroatoms. The van der Waals surface area contributed by atoms with E-state index in [1.165, 1.54) is 11.8 Å². The van der Waals surface area contributed by atoms with E-state index in [4.69, 9.17) is 12.2 Å². The Balaban J connectivity index is 1.94. The number of thiocarbonyl (C=S) groups is 1. The second-order valence-corrected chi connectivity index (χ2v) is 5.90. The van der Waals surface area contributed by atoms with Gasteiger partial charge in [-0.15, -0.1) is 11.8 Å². The summed E-state index contributed by atoms with van der Waals surface area (Å²) in [6, 6.07) is 0. The van der Waals surface area contributed by atoms with Crippen LogP contribution in [0.4, 0.5) is 0 Å². The molecule has 0 radical (unpaired) electrons. The lowest BCUT2D eigenvalue weighted by Gasteiger charge is -2.11. The van der Waals surface area contributed by atoms with Crippen molar-refractivity contribution < 1.29 is 14.4 Å². The summed E-state index contributed by atoms with van der Waals surface area (Å²) < 4.78 is 0.567. The second-order valence-electron chi connectivity index (χ2n) is 3.95. The third kappa shape index (κ3) is 2.32. The highest BCUT2D eigenvalue weighted by atomic mass is 32.2. The van der Waals surface area contributed by atoms with Gasteiger partial charge >= 0.3 is 0 Å². The zero-order chi connectivity index (χ0) is 11.7. The van der Waals surface area contributed by atoms with Crippen LogP contribution >= 0.6 is 24.0 Å². The van der Waals surface area contributed by atoms with Crippen LogP contribution in [0.1, 0.15) is 25.7 Å². The number of rotatable bonds is 2. The summed E-state index contributed by atoms with van der Waals surface area (Å²) in [5.41, 5.74) is 0. The van der Waals surface area contributed by atoms with Gasteiger partial charge in [0, 0.05) is 12.8 Å². The Hall–Kier alpha value is -0.750. The first-order chi connectivity index (χ1) is 7.58. The molecule has 2 atom stereocenters. The maximum Gasteiger partial charge on any atom is 0.240 e. The molecule has 0 aromatic carbocycles. The third-order valence-corrected chi connectivity index (χ3v) is 4.53. The summed E-state index contributed by atoms with van der Waals surface area (Å²) in [7, 11) is 0. The zero-order valence-electron chi connectivity index (χ0n) is 8.52. The standard InChI is InChI=1S/C10H11NO3S2/c12-6-3-1-2-5(6)10(15)16-7-4-8(13)11-9(7)14/h5,7H,1-4H2,(H,11,13,14)/t5-,7+/m0/s1. The summed E-state index contributed by atoms with van der Waals surface area (Å²) in [5, 5.41) is 1.79. The van der Waals surface area contributed by atoms with Crippen LogP contribution in [0.5, 0.6) is 0 Å². The molecule has 1 heterocycles. The van der Waals surface area contributed by atoms with Crippen molar-refractivity contribution in [1.82, 2.24) is 5.32 Å². The fraction of sp³-hybridized carbons (Fsp3) is 0.600. The Morgan fingerprint density at radius 3 is 2.62 bits per heavy atom. The van der Waals surface area contributed by atoms with E-state index >= 15 is 0 Å². The van der Waals surface area contributed by atoms with Crippen LogP contribution in [0.25, 0.3) is 0 Å². The van der Waals surface area contributed by atoms with Crippen LogP contribution in [-0.4, -0.2) is 27.0 Å². The van der Waals surface area contributed by atoms with Crippen molar-refractivity contribution >= 4 is 45.8 Å². The van der Waals surface area contributed by atoms with Gasteiger partial charge in [-0.25, -0.2) is 0 Å². The van der Waals surface area contributed by atoms with Gasteiger partial charge in [-0.1, -0.05) is 12.2 Å². The van der Waals surface area contributed by atoms with Gasteiger partial charge in [-0.3, -0.25) is 19.7 Å². The first kappa shape index (κ1) is 11.7. The number of imide groups is 1. The van der Waals surface area contributed by atoms with Crippen molar-refractivity contribution in [3.63, 3.8) is 0 Å². The number of thioether (sulfide) groups is 1. The van der Waals surface area contributed by atoms with Gasteiger partial charge in [-0.05, 0) is 12.8 Å². The SMILES string of the molecule is O=C1C[C@@H](SC(=S)[C@H]2CCCC2=O)C(=O)N1. The topological polar surface area (TPSA) is 63.2 Å². The third-order valence-electron chi connectivity index (χ3n) is 2.77. The maximum atomic E-state index is 11.5. The van der Waals surface area contributed by atoms with E-state index in [0.29, 0.717) is 10.6 Å². The maximum absolute atomic E-state index is 11.5. The molecule has 1 saturated heterocycles. The molecule has 2 aliphatic rings. The van der Waals surface area contributed by atoms with Crippen molar-refractivity contribution in [3.05, 3.63) is 0 Å². The first-order valence-corrected chi connectivity index (χ1v) is 6.43. The molecule has 4 nitrogen and oxygen atoms in total. The molecule has 1 saturated carbocycles. The fourth-order valence-electron chi connectivity index (χ4n) is 1.91. The monoisotopic (exact) mass is 257 g/mol. The van der Waals surface area contributed by atoms with E-state index in [9.17, 15) is 14.4 Å². The Morgan fingerprint density at radius 1 is 1.38 bits per heavy atom. The van der Waals surface area contributed by atoms with Gasteiger partial charge in [0.05, 0.1) is 15.4 Å². The predicted molar refractivity (Wildman–Crippen MR) is 64.1 cm³/mol. The molecule has 1 aliphatic carbocycles.